The smallest absolute Gasteiger partial charge is 0.296 e. The van der Waals surface area contributed by atoms with E-state index < -0.39 is 17.7 Å². The molecule has 4 rings (SSSR count). The summed E-state index contributed by atoms with van der Waals surface area (Å²) in [6.07, 6.45) is 2.50. The third-order valence-corrected chi connectivity index (χ3v) is 5.88. The van der Waals surface area contributed by atoms with Crippen LogP contribution in [0.2, 0.25) is 0 Å². The van der Waals surface area contributed by atoms with Crippen molar-refractivity contribution in [1.82, 2.24) is 9.88 Å². The van der Waals surface area contributed by atoms with E-state index in [4.69, 9.17) is 4.74 Å². The number of ketones is 1. The average molecular weight is 435 g/mol. The number of carbonyl (C=O) groups is 2. The molecule has 3 heterocycles. The molecule has 3 aromatic rings. The lowest BCUT2D eigenvalue weighted by Crippen LogP contribution is -2.29. The van der Waals surface area contributed by atoms with E-state index in [1.807, 2.05) is 24.4 Å². The van der Waals surface area contributed by atoms with E-state index >= 15 is 0 Å². The Bertz CT molecular complexity index is 1090. The van der Waals surface area contributed by atoms with E-state index in [-0.39, 0.29) is 17.9 Å². The highest BCUT2D eigenvalue weighted by Crippen LogP contribution is 2.39. The molecule has 2 aromatic heterocycles. The highest BCUT2D eigenvalue weighted by molar-refractivity contribution is 7.09. The van der Waals surface area contributed by atoms with Crippen LogP contribution in [0, 0.1) is 0 Å². The maximum atomic E-state index is 13.0. The van der Waals surface area contributed by atoms with E-state index in [2.05, 4.69) is 4.98 Å². The fourth-order valence-corrected chi connectivity index (χ4v) is 4.25. The number of likely N-dealkylation sites (tertiary alicyclic amines) is 1. The van der Waals surface area contributed by atoms with Gasteiger partial charge in [0.2, 0.25) is 0 Å². The van der Waals surface area contributed by atoms with E-state index in [0.29, 0.717) is 23.6 Å². The molecule has 0 spiro atoms. The molecule has 0 bridgehead atoms. The summed E-state index contributed by atoms with van der Waals surface area (Å²) in [5.41, 5.74) is 1.02. The van der Waals surface area contributed by atoms with Crippen molar-refractivity contribution in [2.75, 3.05) is 6.61 Å². The average Bonchev–Trinajstić information content (AvgIpc) is 3.40. The van der Waals surface area contributed by atoms with Crippen LogP contribution in [-0.4, -0.2) is 33.3 Å². The quantitative estimate of drug-likeness (QED) is 0.335. The Balaban J connectivity index is 1.76. The standard InChI is InChI=1S/C24H22N2O4S/c1-2-13-30-17-10-8-16(9-11-17)22(27)20-21(19-7-3-4-12-25-19)26(24(29)23(20)28)15-18-6-5-14-31-18/h3-12,14,21,27H,2,13,15H2,1H3/b22-20-. The molecule has 0 radical (unpaired) electrons. The molecule has 1 amide bonds. The summed E-state index contributed by atoms with van der Waals surface area (Å²) in [7, 11) is 0. The molecule has 7 heteroatoms. The van der Waals surface area contributed by atoms with Crippen molar-refractivity contribution in [1.29, 1.82) is 0 Å². The fourth-order valence-electron chi connectivity index (χ4n) is 3.54. The van der Waals surface area contributed by atoms with Gasteiger partial charge in [0.1, 0.15) is 17.6 Å². The van der Waals surface area contributed by atoms with Crippen LogP contribution >= 0.6 is 11.3 Å². The molecule has 1 aliphatic rings. The molecule has 1 atom stereocenters. The van der Waals surface area contributed by atoms with Crippen molar-refractivity contribution in [3.63, 3.8) is 0 Å². The van der Waals surface area contributed by atoms with Gasteiger partial charge in [-0.3, -0.25) is 14.6 Å². The molecule has 1 aromatic carbocycles. The predicted octanol–water partition coefficient (Wildman–Crippen LogP) is 4.55. The minimum Gasteiger partial charge on any atom is -0.507 e. The summed E-state index contributed by atoms with van der Waals surface area (Å²) < 4.78 is 5.58. The zero-order chi connectivity index (χ0) is 21.8. The molecule has 1 fully saturated rings. The summed E-state index contributed by atoms with van der Waals surface area (Å²) in [4.78, 5) is 32.7. The monoisotopic (exact) mass is 434 g/mol. The van der Waals surface area contributed by atoms with Crippen molar-refractivity contribution in [3.05, 3.63) is 87.9 Å². The molecule has 0 aliphatic carbocycles. The lowest BCUT2D eigenvalue weighted by Gasteiger charge is -2.24. The molecular formula is C24H22N2O4S. The summed E-state index contributed by atoms with van der Waals surface area (Å²) in [6.45, 7) is 2.88. The van der Waals surface area contributed by atoms with Crippen LogP contribution in [0.15, 0.2) is 71.7 Å². The number of hydrogen-bond donors (Lipinski definition) is 1. The van der Waals surface area contributed by atoms with Crippen molar-refractivity contribution in [3.8, 4) is 5.75 Å². The molecule has 1 aliphatic heterocycles. The molecule has 1 saturated heterocycles. The van der Waals surface area contributed by atoms with Gasteiger partial charge in [0.05, 0.1) is 24.4 Å². The van der Waals surface area contributed by atoms with Crippen LogP contribution in [0.1, 0.15) is 35.5 Å². The van der Waals surface area contributed by atoms with Crippen LogP contribution < -0.4 is 4.74 Å². The Morgan fingerprint density at radius 3 is 2.58 bits per heavy atom. The number of benzene rings is 1. The van der Waals surface area contributed by atoms with Gasteiger partial charge in [-0.05, 0) is 54.3 Å². The first-order chi connectivity index (χ1) is 15.1. The van der Waals surface area contributed by atoms with Gasteiger partial charge in [-0.25, -0.2) is 0 Å². The minimum absolute atomic E-state index is 0.0440. The second-order valence-corrected chi connectivity index (χ2v) is 8.17. The highest BCUT2D eigenvalue weighted by atomic mass is 32.1. The van der Waals surface area contributed by atoms with Gasteiger partial charge in [0.15, 0.2) is 0 Å². The normalized spacial score (nSPS) is 17.8. The van der Waals surface area contributed by atoms with E-state index in [9.17, 15) is 14.7 Å². The van der Waals surface area contributed by atoms with Gasteiger partial charge < -0.3 is 14.7 Å². The van der Waals surface area contributed by atoms with Gasteiger partial charge in [-0.15, -0.1) is 11.3 Å². The zero-order valence-electron chi connectivity index (χ0n) is 17.0. The number of nitrogens with zero attached hydrogens (tertiary/aromatic N) is 2. The third-order valence-electron chi connectivity index (χ3n) is 5.01. The van der Waals surface area contributed by atoms with Crippen molar-refractivity contribution < 1.29 is 19.4 Å². The molecule has 158 valence electrons. The van der Waals surface area contributed by atoms with Gasteiger partial charge in [-0.1, -0.05) is 19.1 Å². The maximum absolute atomic E-state index is 13.0. The van der Waals surface area contributed by atoms with E-state index in [1.165, 1.54) is 16.2 Å². The van der Waals surface area contributed by atoms with Gasteiger partial charge in [0, 0.05) is 16.6 Å². The molecule has 0 saturated carbocycles. The maximum Gasteiger partial charge on any atom is 0.296 e. The SMILES string of the molecule is CCCOc1ccc(/C(O)=C2/C(=O)C(=O)N(Cc3cccs3)C2c2ccccn2)cc1. The van der Waals surface area contributed by atoms with Gasteiger partial charge >= 0.3 is 0 Å². The number of ether oxygens (including phenoxy) is 1. The molecule has 1 unspecified atom stereocenters. The highest BCUT2D eigenvalue weighted by Gasteiger charge is 2.46. The Morgan fingerprint density at radius 2 is 1.94 bits per heavy atom. The number of aliphatic hydroxyl groups excluding tert-OH is 1. The number of hydrogen-bond acceptors (Lipinski definition) is 6. The van der Waals surface area contributed by atoms with Crippen molar-refractivity contribution in [2.45, 2.75) is 25.9 Å². The summed E-state index contributed by atoms with van der Waals surface area (Å²) in [5.74, 6) is -0.896. The molecule has 31 heavy (non-hydrogen) atoms. The van der Waals surface area contributed by atoms with E-state index in [0.717, 1.165) is 11.3 Å². The second kappa shape index (κ2) is 9.14. The Kier molecular flexibility index (Phi) is 6.13. The summed E-state index contributed by atoms with van der Waals surface area (Å²) in [5, 5.41) is 13.0. The number of thiophene rings is 1. The van der Waals surface area contributed by atoms with Crippen molar-refractivity contribution in [2.24, 2.45) is 0 Å². The van der Waals surface area contributed by atoms with Gasteiger partial charge in [0.25, 0.3) is 11.7 Å². The first-order valence-corrected chi connectivity index (χ1v) is 10.9. The zero-order valence-corrected chi connectivity index (χ0v) is 17.8. The Hall–Kier alpha value is -3.45. The van der Waals surface area contributed by atoms with Crippen LogP contribution in [0.5, 0.6) is 5.75 Å². The van der Waals surface area contributed by atoms with Crippen molar-refractivity contribution >= 4 is 28.8 Å². The molecular weight excluding hydrogens is 412 g/mol. The second-order valence-electron chi connectivity index (χ2n) is 7.13. The van der Waals surface area contributed by atoms with Gasteiger partial charge in [-0.2, -0.15) is 0 Å². The minimum atomic E-state index is -0.765. The number of amides is 1. The first kappa shape index (κ1) is 20.8. The molecule has 1 N–H and O–H groups in total. The first-order valence-electron chi connectivity index (χ1n) is 10.0. The number of carbonyl (C=O) groups excluding carboxylic acids is 2. The van der Waals surface area contributed by atoms with Crippen LogP contribution in [0.4, 0.5) is 0 Å². The third kappa shape index (κ3) is 4.22. The summed E-state index contributed by atoms with van der Waals surface area (Å²) in [6, 6.07) is 15.2. The Labute approximate surface area is 184 Å². The largest absolute Gasteiger partial charge is 0.507 e. The topological polar surface area (TPSA) is 79.7 Å². The van der Waals surface area contributed by atoms with Crippen LogP contribution in [0.25, 0.3) is 5.76 Å². The lowest BCUT2D eigenvalue weighted by atomic mass is 9.98. The Morgan fingerprint density at radius 1 is 1.13 bits per heavy atom. The lowest BCUT2D eigenvalue weighted by molar-refractivity contribution is -0.140. The number of Topliss-reactive ketones (excluding diaryl/α,β-unsaturated/α-hetero) is 1. The van der Waals surface area contributed by atoms with E-state index in [1.54, 1.807) is 48.7 Å². The number of aromatic nitrogens is 1. The number of rotatable bonds is 7. The number of pyridine rings is 1. The predicted molar refractivity (Wildman–Crippen MR) is 119 cm³/mol. The fraction of sp³-hybridized carbons (Fsp3) is 0.208. The van der Waals surface area contributed by atoms with Crippen LogP contribution in [-0.2, 0) is 16.1 Å². The number of aliphatic hydroxyl groups is 1. The van der Waals surface area contributed by atoms with Crippen LogP contribution in [0.3, 0.4) is 0 Å². The summed E-state index contributed by atoms with van der Waals surface area (Å²) >= 11 is 1.51. The molecule has 6 nitrogen and oxygen atoms in total.